The predicted molar refractivity (Wildman–Crippen MR) is 77.4 cm³/mol. The Kier molecular flexibility index (Phi) is 5.90. The van der Waals surface area contributed by atoms with Crippen LogP contribution in [0.3, 0.4) is 0 Å². The van der Waals surface area contributed by atoms with Gasteiger partial charge in [0.1, 0.15) is 0 Å². The smallest absolute Gasteiger partial charge is 0.223 e. The molecule has 0 radical (unpaired) electrons. The molecule has 0 aliphatic heterocycles. The van der Waals surface area contributed by atoms with Gasteiger partial charge in [0.15, 0.2) is 0 Å². The van der Waals surface area contributed by atoms with Crippen LogP contribution in [0.15, 0.2) is 12.7 Å². The normalized spacial score (nSPS) is 18.6. The molecule has 1 aliphatic rings. The zero-order chi connectivity index (χ0) is 13.6. The largest absolute Gasteiger partial charge is 0.351 e. The van der Waals surface area contributed by atoms with Crippen molar-refractivity contribution in [3.63, 3.8) is 0 Å². The van der Waals surface area contributed by atoms with E-state index in [0.29, 0.717) is 0 Å². The van der Waals surface area contributed by atoms with Crippen LogP contribution < -0.4 is 5.32 Å². The van der Waals surface area contributed by atoms with E-state index in [0.717, 1.165) is 25.2 Å². The summed E-state index contributed by atoms with van der Waals surface area (Å²) in [5.74, 6) is 1.17. The second kappa shape index (κ2) is 6.96. The molecule has 1 atom stereocenters. The third-order valence-electron chi connectivity index (χ3n) is 3.68. The number of amides is 1. The molecule has 1 rings (SSSR count). The van der Waals surface area contributed by atoms with Crippen molar-refractivity contribution >= 4 is 5.91 Å². The summed E-state index contributed by atoms with van der Waals surface area (Å²) in [4.78, 5) is 12.3. The van der Waals surface area contributed by atoms with Crippen LogP contribution in [0.25, 0.3) is 0 Å². The molecular weight excluding hydrogens is 222 g/mol. The van der Waals surface area contributed by atoms with E-state index < -0.39 is 0 Å². The molecule has 1 amide bonds. The van der Waals surface area contributed by atoms with Gasteiger partial charge in [0, 0.05) is 11.5 Å². The van der Waals surface area contributed by atoms with Crippen molar-refractivity contribution in [3.05, 3.63) is 12.7 Å². The van der Waals surface area contributed by atoms with Crippen LogP contribution in [0.1, 0.15) is 65.7 Å². The Balaban J connectivity index is 2.52. The number of rotatable bonds is 6. The summed E-state index contributed by atoms with van der Waals surface area (Å²) in [5, 5.41) is 3.13. The summed E-state index contributed by atoms with van der Waals surface area (Å²) in [6.07, 6.45) is 10.2. The lowest BCUT2D eigenvalue weighted by Gasteiger charge is -2.26. The Morgan fingerprint density at radius 2 is 2.00 bits per heavy atom. The molecule has 2 heteroatoms. The van der Waals surface area contributed by atoms with Crippen LogP contribution in [0.2, 0.25) is 0 Å². The molecule has 1 aliphatic carbocycles. The minimum absolute atomic E-state index is 0.126. The van der Waals surface area contributed by atoms with E-state index in [9.17, 15) is 4.79 Å². The van der Waals surface area contributed by atoms with Crippen molar-refractivity contribution in [3.8, 4) is 0 Å². The van der Waals surface area contributed by atoms with E-state index in [1.165, 1.54) is 25.7 Å². The molecule has 1 unspecified atom stereocenters. The maximum absolute atomic E-state index is 12.3. The summed E-state index contributed by atoms with van der Waals surface area (Å²) in [5.41, 5.74) is -0.126. The fourth-order valence-corrected chi connectivity index (χ4v) is 2.80. The van der Waals surface area contributed by atoms with E-state index in [1.807, 2.05) is 26.8 Å². The molecule has 1 N–H and O–H groups in total. The van der Waals surface area contributed by atoms with Gasteiger partial charge in [-0.1, -0.05) is 31.8 Å². The highest BCUT2D eigenvalue weighted by Crippen LogP contribution is 2.32. The fourth-order valence-electron chi connectivity index (χ4n) is 2.80. The summed E-state index contributed by atoms with van der Waals surface area (Å²) < 4.78 is 0. The van der Waals surface area contributed by atoms with Gasteiger partial charge in [-0.05, 0) is 46.0 Å². The molecule has 0 aromatic rings. The third-order valence-corrected chi connectivity index (χ3v) is 3.68. The van der Waals surface area contributed by atoms with Crippen molar-refractivity contribution in [2.24, 2.45) is 11.8 Å². The van der Waals surface area contributed by atoms with Gasteiger partial charge in [0.25, 0.3) is 0 Å². The first-order chi connectivity index (χ1) is 8.42. The average molecular weight is 251 g/mol. The lowest BCUT2D eigenvalue weighted by molar-refractivity contribution is -0.127. The van der Waals surface area contributed by atoms with Gasteiger partial charge in [-0.15, -0.1) is 6.58 Å². The van der Waals surface area contributed by atoms with Gasteiger partial charge in [-0.25, -0.2) is 0 Å². The van der Waals surface area contributed by atoms with Crippen LogP contribution >= 0.6 is 0 Å². The van der Waals surface area contributed by atoms with E-state index in [2.05, 4.69) is 11.9 Å². The molecule has 0 saturated heterocycles. The monoisotopic (exact) mass is 251 g/mol. The summed E-state index contributed by atoms with van der Waals surface area (Å²) in [7, 11) is 0. The van der Waals surface area contributed by atoms with Gasteiger partial charge in [0.05, 0.1) is 0 Å². The molecule has 0 aromatic heterocycles. The van der Waals surface area contributed by atoms with Crippen LogP contribution in [0.4, 0.5) is 0 Å². The maximum atomic E-state index is 12.3. The second-order valence-electron chi connectivity index (χ2n) is 6.69. The highest BCUT2D eigenvalue weighted by molar-refractivity contribution is 5.79. The van der Waals surface area contributed by atoms with Crippen LogP contribution in [0.5, 0.6) is 0 Å². The maximum Gasteiger partial charge on any atom is 0.223 e. The number of allylic oxidation sites excluding steroid dienone is 1. The molecule has 1 saturated carbocycles. The standard InChI is InChI=1S/C16H29NO/c1-5-6-11-14(12-13-9-7-8-10-13)15(18)17-16(2,3)4/h5,13-14H,1,6-12H2,2-4H3,(H,17,18). The first-order valence-electron chi connectivity index (χ1n) is 7.35. The Labute approximate surface area is 112 Å². The Morgan fingerprint density at radius 3 is 2.50 bits per heavy atom. The van der Waals surface area contributed by atoms with Crippen molar-refractivity contribution in [1.29, 1.82) is 0 Å². The van der Waals surface area contributed by atoms with Gasteiger partial charge < -0.3 is 5.32 Å². The lowest BCUT2D eigenvalue weighted by Crippen LogP contribution is -2.44. The molecule has 1 fully saturated rings. The van der Waals surface area contributed by atoms with E-state index >= 15 is 0 Å². The predicted octanol–water partition coefficient (Wildman–Crippen LogP) is 4.06. The Bertz CT molecular complexity index is 271. The zero-order valence-corrected chi connectivity index (χ0v) is 12.3. The number of hydrogen-bond acceptors (Lipinski definition) is 1. The van der Waals surface area contributed by atoms with Crippen molar-refractivity contribution in [2.45, 2.75) is 71.3 Å². The molecule has 104 valence electrons. The van der Waals surface area contributed by atoms with Gasteiger partial charge >= 0.3 is 0 Å². The molecule has 2 nitrogen and oxygen atoms in total. The number of carbonyl (C=O) groups excluding carboxylic acids is 1. The first-order valence-corrected chi connectivity index (χ1v) is 7.35. The average Bonchev–Trinajstić information content (AvgIpc) is 2.74. The van der Waals surface area contributed by atoms with E-state index in [1.54, 1.807) is 0 Å². The third kappa shape index (κ3) is 5.70. The molecular formula is C16H29NO. The Morgan fingerprint density at radius 1 is 1.39 bits per heavy atom. The molecule has 18 heavy (non-hydrogen) atoms. The molecule has 0 bridgehead atoms. The number of hydrogen-bond donors (Lipinski definition) is 1. The topological polar surface area (TPSA) is 29.1 Å². The second-order valence-corrected chi connectivity index (χ2v) is 6.69. The molecule has 0 aromatic carbocycles. The van der Waals surface area contributed by atoms with Crippen molar-refractivity contribution in [1.82, 2.24) is 5.32 Å². The van der Waals surface area contributed by atoms with Crippen molar-refractivity contribution in [2.75, 3.05) is 0 Å². The summed E-state index contributed by atoms with van der Waals surface area (Å²) in [6, 6.07) is 0. The van der Waals surface area contributed by atoms with E-state index in [-0.39, 0.29) is 17.4 Å². The van der Waals surface area contributed by atoms with Crippen LogP contribution in [0, 0.1) is 11.8 Å². The minimum atomic E-state index is -0.126. The van der Waals surface area contributed by atoms with Crippen LogP contribution in [-0.4, -0.2) is 11.4 Å². The van der Waals surface area contributed by atoms with Gasteiger partial charge in [-0.2, -0.15) is 0 Å². The molecule has 0 spiro atoms. The Hall–Kier alpha value is -0.790. The quantitative estimate of drug-likeness (QED) is 0.709. The van der Waals surface area contributed by atoms with E-state index in [4.69, 9.17) is 0 Å². The number of nitrogens with one attached hydrogen (secondary N) is 1. The highest BCUT2D eigenvalue weighted by Gasteiger charge is 2.26. The number of carbonyl (C=O) groups is 1. The fraction of sp³-hybridized carbons (Fsp3) is 0.812. The summed E-state index contributed by atoms with van der Waals surface area (Å²) >= 11 is 0. The van der Waals surface area contributed by atoms with Crippen molar-refractivity contribution < 1.29 is 4.79 Å². The van der Waals surface area contributed by atoms with Crippen LogP contribution in [-0.2, 0) is 4.79 Å². The molecule has 0 heterocycles. The van der Waals surface area contributed by atoms with Gasteiger partial charge in [0.2, 0.25) is 5.91 Å². The first kappa shape index (κ1) is 15.3. The SMILES string of the molecule is C=CCCC(CC1CCCC1)C(=O)NC(C)(C)C. The minimum Gasteiger partial charge on any atom is -0.351 e. The summed E-state index contributed by atoms with van der Waals surface area (Å²) in [6.45, 7) is 9.91. The highest BCUT2D eigenvalue weighted by atomic mass is 16.2. The zero-order valence-electron chi connectivity index (χ0n) is 12.3. The lowest BCUT2D eigenvalue weighted by atomic mass is 9.88. The van der Waals surface area contributed by atoms with Gasteiger partial charge in [-0.3, -0.25) is 4.79 Å².